The Morgan fingerprint density at radius 3 is 2.17 bits per heavy atom. The van der Waals surface area contributed by atoms with Crippen molar-refractivity contribution >= 4 is 26.5 Å². The van der Waals surface area contributed by atoms with Crippen LogP contribution in [-0.4, -0.2) is 9.38 Å². The van der Waals surface area contributed by atoms with Crippen LogP contribution in [0.3, 0.4) is 0 Å². The highest BCUT2D eigenvalue weighted by Gasteiger charge is 2.13. The van der Waals surface area contributed by atoms with Crippen LogP contribution >= 0.6 is 11.3 Å². The Morgan fingerprint density at radius 1 is 0.708 bits per heavy atom. The molecule has 0 bridgehead atoms. The lowest BCUT2D eigenvalue weighted by molar-refractivity contribution is 1.30. The normalized spacial score (nSPS) is 11.3. The molecule has 0 atom stereocenters. The molecule has 0 aliphatic heterocycles. The average Bonchev–Trinajstić information content (AvgIpc) is 3.21. The van der Waals surface area contributed by atoms with Gasteiger partial charge in [0.25, 0.3) is 0 Å². The molecule has 5 rings (SSSR count). The van der Waals surface area contributed by atoms with Crippen LogP contribution < -0.4 is 0 Å². The van der Waals surface area contributed by atoms with E-state index in [1.165, 1.54) is 21.3 Å². The number of hydrogen-bond donors (Lipinski definition) is 0. The van der Waals surface area contributed by atoms with Gasteiger partial charge in [-0.1, -0.05) is 84.1 Å². The summed E-state index contributed by atoms with van der Waals surface area (Å²) in [6, 6.07) is 27.4. The van der Waals surface area contributed by atoms with Crippen molar-refractivity contribution in [2.75, 3.05) is 0 Å². The fourth-order valence-electron chi connectivity index (χ4n) is 3.15. The number of aromatic nitrogens is 2. The molecule has 5 aromatic rings. The fraction of sp³-hybridized carbons (Fsp3) is 0. The van der Waals surface area contributed by atoms with Gasteiger partial charge in [0.2, 0.25) is 0 Å². The minimum atomic E-state index is 1.02. The molecular weight excluding hydrogens is 312 g/mol. The van der Waals surface area contributed by atoms with E-state index in [1.807, 2.05) is 6.07 Å². The van der Waals surface area contributed by atoms with E-state index in [0.29, 0.717) is 0 Å². The van der Waals surface area contributed by atoms with E-state index in [-0.39, 0.29) is 0 Å². The van der Waals surface area contributed by atoms with Gasteiger partial charge in [0, 0.05) is 17.3 Å². The lowest BCUT2D eigenvalue weighted by Gasteiger charge is -2.04. The van der Waals surface area contributed by atoms with Gasteiger partial charge >= 0.3 is 0 Å². The number of nitrogens with zero attached hydrogens (tertiary/aromatic N) is 2. The maximum absolute atomic E-state index is 4.84. The quantitative estimate of drug-likeness (QED) is 0.396. The fourth-order valence-corrected chi connectivity index (χ4v) is 4.18. The van der Waals surface area contributed by atoms with E-state index in [0.717, 1.165) is 16.2 Å². The van der Waals surface area contributed by atoms with E-state index in [4.69, 9.17) is 4.98 Å². The van der Waals surface area contributed by atoms with Crippen LogP contribution in [0.5, 0.6) is 0 Å². The summed E-state index contributed by atoms with van der Waals surface area (Å²) in [7, 11) is 0. The van der Waals surface area contributed by atoms with E-state index >= 15 is 0 Å². The minimum Gasteiger partial charge on any atom is -0.289 e. The third-order valence-corrected chi connectivity index (χ3v) is 5.29. The maximum atomic E-state index is 4.84. The molecule has 0 saturated heterocycles. The molecule has 2 aromatic heterocycles. The summed E-state index contributed by atoms with van der Waals surface area (Å²) in [6.07, 6.45) is 2.15. The number of hydrogen-bond acceptors (Lipinski definition) is 2. The summed E-state index contributed by atoms with van der Waals surface area (Å²) in [6.45, 7) is 0. The van der Waals surface area contributed by atoms with Gasteiger partial charge in [0.15, 0.2) is 4.96 Å². The Bertz CT molecular complexity index is 1140. The van der Waals surface area contributed by atoms with Crippen molar-refractivity contribution in [3.8, 4) is 22.4 Å². The van der Waals surface area contributed by atoms with Crippen LogP contribution in [0.15, 0.2) is 85.1 Å². The molecule has 3 aromatic carbocycles. The Kier molecular flexibility index (Phi) is 3.00. The first kappa shape index (κ1) is 13.5. The molecule has 0 unspecified atom stereocenters. The molecule has 0 fully saturated rings. The van der Waals surface area contributed by atoms with Gasteiger partial charge in [-0.15, -0.1) is 0 Å². The molecule has 3 heteroatoms. The van der Waals surface area contributed by atoms with E-state index in [9.17, 15) is 0 Å². The zero-order valence-corrected chi connectivity index (χ0v) is 13.7. The van der Waals surface area contributed by atoms with Gasteiger partial charge in [-0.25, -0.2) is 4.98 Å². The molecule has 0 radical (unpaired) electrons. The van der Waals surface area contributed by atoms with E-state index in [2.05, 4.69) is 83.4 Å². The van der Waals surface area contributed by atoms with Crippen molar-refractivity contribution < 1.29 is 0 Å². The highest BCUT2D eigenvalue weighted by molar-refractivity contribution is 7.23. The molecule has 2 nitrogen and oxygen atoms in total. The van der Waals surface area contributed by atoms with Crippen molar-refractivity contribution in [3.05, 3.63) is 85.1 Å². The Balaban J connectivity index is 1.80. The predicted octanol–water partition coefficient (Wildman–Crippen LogP) is 5.88. The molecule has 0 N–H and O–H groups in total. The first-order valence-corrected chi connectivity index (χ1v) is 8.73. The van der Waals surface area contributed by atoms with Crippen molar-refractivity contribution in [3.63, 3.8) is 0 Å². The lowest BCUT2D eigenvalue weighted by atomic mass is 10.0. The molecule has 0 spiro atoms. The largest absolute Gasteiger partial charge is 0.289 e. The number of rotatable bonds is 2. The molecule has 24 heavy (non-hydrogen) atoms. The highest BCUT2D eigenvalue weighted by Crippen LogP contribution is 2.35. The van der Waals surface area contributed by atoms with Crippen molar-refractivity contribution in [1.82, 2.24) is 9.38 Å². The van der Waals surface area contributed by atoms with Gasteiger partial charge in [-0.2, -0.15) is 0 Å². The molecular formula is C21H14N2S. The maximum Gasteiger partial charge on any atom is 0.195 e. The summed E-state index contributed by atoms with van der Waals surface area (Å²) >= 11 is 1.74. The van der Waals surface area contributed by atoms with Crippen molar-refractivity contribution in [2.24, 2.45) is 0 Å². The van der Waals surface area contributed by atoms with Crippen molar-refractivity contribution in [2.45, 2.75) is 0 Å². The number of imidazole rings is 1. The first-order chi connectivity index (χ1) is 11.9. The zero-order chi connectivity index (χ0) is 15.9. The second-order valence-electron chi connectivity index (χ2n) is 5.77. The number of benzene rings is 3. The monoisotopic (exact) mass is 326 g/mol. The van der Waals surface area contributed by atoms with E-state index in [1.54, 1.807) is 11.3 Å². The first-order valence-electron chi connectivity index (χ1n) is 7.91. The van der Waals surface area contributed by atoms with Crippen molar-refractivity contribution in [1.29, 1.82) is 0 Å². The zero-order valence-electron chi connectivity index (χ0n) is 12.9. The summed E-state index contributed by atoms with van der Waals surface area (Å²) in [5, 5.41) is 0. The molecule has 0 saturated carbocycles. The molecule has 0 aliphatic rings. The highest BCUT2D eigenvalue weighted by atomic mass is 32.1. The summed E-state index contributed by atoms with van der Waals surface area (Å²) in [5.74, 6) is 0. The number of para-hydroxylation sites is 1. The van der Waals surface area contributed by atoms with Crippen LogP contribution in [0.25, 0.3) is 37.6 Å². The van der Waals surface area contributed by atoms with Gasteiger partial charge in [-0.05, 0) is 11.6 Å². The third-order valence-electron chi connectivity index (χ3n) is 4.27. The Labute approximate surface area is 143 Å². The Morgan fingerprint density at radius 2 is 1.42 bits per heavy atom. The van der Waals surface area contributed by atoms with Crippen LogP contribution in [0.1, 0.15) is 0 Å². The van der Waals surface area contributed by atoms with Gasteiger partial charge < -0.3 is 0 Å². The SMILES string of the molecule is c1ccc(-c2cn3c(n2)sc2cccc(-c4ccccc4)c23)cc1. The Hall–Kier alpha value is -2.91. The summed E-state index contributed by atoms with van der Waals surface area (Å²) < 4.78 is 3.49. The van der Waals surface area contributed by atoms with Crippen LogP contribution in [0.2, 0.25) is 0 Å². The number of fused-ring (bicyclic) bond motifs is 3. The van der Waals surface area contributed by atoms with E-state index < -0.39 is 0 Å². The minimum absolute atomic E-state index is 1.02. The lowest BCUT2D eigenvalue weighted by Crippen LogP contribution is -1.84. The van der Waals surface area contributed by atoms with Crippen LogP contribution in [-0.2, 0) is 0 Å². The standard InChI is InChI=1S/C21H14N2S/c1-3-8-15(9-4-1)17-12-7-13-19-20(17)23-14-18(22-21(23)24-19)16-10-5-2-6-11-16/h1-14H. The van der Waals surface area contributed by atoms with Gasteiger partial charge in [-0.3, -0.25) is 4.40 Å². The molecule has 114 valence electrons. The summed E-state index contributed by atoms with van der Waals surface area (Å²) in [5.41, 5.74) is 5.89. The molecule has 2 heterocycles. The predicted molar refractivity (Wildman–Crippen MR) is 101 cm³/mol. The van der Waals surface area contributed by atoms with Crippen LogP contribution in [0.4, 0.5) is 0 Å². The second-order valence-corrected chi connectivity index (χ2v) is 6.77. The topological polar surface area (TPSA) is 17.3 Å². The van der Waals surface area contributed by atoms with Crippen LogP contribution in [0, 0.1) is 0 Å². The average molecular weight is 326 g/mol. The van der Waals surface area contributed by atoms with Gasteiger partial charge in [0.1, 0.15) is 0 Å². The third kappa shape index (κ3) is 2.06. The smallest absolute Gasteiger partial charge is 0.195 e. The molecule has 0 amide bonds. The second kappa shape index (κ2) is 5.32. The van der Waals surface area contributed by atoms with Gasteiger partial charge in [0.05, 0.1) is 15.9 Å². The summed E-state index contributed by atoms with van der Waals surface area (Å²) in [4.78, 5) is 5.87. The molecule has 0 aliphatic carbocycles. The number of thiazole rings is 1.